The van der Waals surface area contributed by atoms with Crippen molar-refractivity contribution < 1.29 is 24.2 Å². The topological polar surface area (TPSA) is 106 Å². The van der Waals surface area contributed by atoms with E-state index in [0.29, 0.717) is 40.6 Å². The lowest BCUT2D eigenvalue weighted by Crippen LogP contribution is -2.41. The van der Waals surface area contributed by atoms with Gasteiger partial charge in [-0.2, -0.15) is 5.10 Å². The van der Waals surface area contributed by atoms with Crippen molar-refractivity contribution >= 4 is 17.6 Å². The van der Waals surface area contributed by atoms with Gasteiger partial charge >= 0.3 is 0 Å². The molecule has 0 unspecified atom stereocenters. The summed E-state index contributed by atoms with van der Waals surface area (Å²) in [5, 5.41) is 16.4. The maximum absolute atomic E-state index is 12.9. The van der Waals surface area contributed by atoms with Gasteiger partial charge in [0.1, 0.15) is 23.4 Å². The molecule has 1 saturated heterocycles. The van der Waals surface area contributed by atoms with Gasteiger partial charge in [0.2, 0.25) is 0 Å². The van der Waals surface area contributed by atoms with Crippen molar-refractivity contribution in [3.8, 4) is 17.2 Å². The number of ether oxygens (including phenoxy) is 2. The number of amides is 2. The Morgan fingerprint density at radius 1 is 1.06 bits per heavy atom. The van der Waals surface area contributed by atoms with Crippen LogP contribution in [0.4, 0.5) is 5.82 Å². The molecule has 3 aromatic rings. The molecule has 0 saturated carbocycles. The largest absolute Gasteiger partial charge is 0.488 e. The second kappa shape index (κ2) is 10.4. The second-order valence-corrected chi connectivity index (χ2v) is 8.12. The van der Waals surface area contributed by atoms with Crippen LogP contribution in [-0.2, 0) is 7.05 Å². The van der Waals surface area contributed by atoms with Crippen LogP contribution in [-0.4, -0.2) is 57.4 Å². The predicted molar refractivity (Wildman–Crippen MR) is 126 cm³/mol. The van der Waals surface area contributed by atoms with Gasteiger partial charge in [-0.15, -0.1) is 0 Å². The van der Waals surface area contributed by atoms with Crippen molar-refractivity contribution in [1.29, 1.82) is 0 Å². The zero-order valence-electron chi connectivity index (χ0n) is 19.2. The number of likely N-dealkylation sites (tertiary alicyclic amines) is 1. The molecule has 9 nitrogen and oxygen atoms in total. The first-order chi connectivity index (χ1) is 16.4. The molecule has 4 rings (SSSR count). The average molecular weight is 465 g/mol. The minimum Gasteiger partial charge on any atom is -0.488 e. The number of nitrogens with one attached hydrogen (secondary N) is 1. The van der Waals surface area contributed by atoms with Crippen molar-refractivity contribution in [2.24, 2.45) is 7.05 Å². The number of hydrogen-bond donors (Lipinski definition) is 2. The van der Waals surface area contributed by atoms with E-state index in [4.69, 9.17) is 9.47 Å². The molecule has 2 heterocycles. The molecule has 1 aliphatic rings. The van der Waals surface area contributed by atoms with E-state index in [1.807, 2.05) is 6.92 Å². The highest BCUT2D eigenvalue weighted by molar-refractivity contribution is 6.04. The molecular formula is C25H28N4O5. The Morgan fingerprint density at radius 2 is 1.79 bits per heavy atom. The Balaban J connectivity index is 1.55. The highest BCUT2D eigenvalue weighted by atomic mass is 16.5. The predicted octanol–water partition coefficient (Wildman–Crippen LogP) is 3.46. The number of nitrogens with zero attached hydrogens (tertiary/aromatic N) is 3. The molecule has 2 N–H and O–H groups in total. The van der Waals surface area contributed by atoms with Crippen LogP contribution in [0, 0.1) is 0 Å². The van der Waals surface area contributed by atoms with Crippen molar-refractivity contribution in [2.45, 2.75) is 25.9 Å². The molecule has 2 amide bonds. The number of carbonyl (C=O) groups is 2. The number of aliphatic hydroxyl groups excluding tert-OH is 1. The fourth-order valence-corrected chi connectivity index (χ4v) is 3.45. The zero-order chi connectivity index (χ0) is 24.1. The fourth-order valence-electron chi connectivity index (χ4n) is 3.45. The molecule has 1 aromatic heterocycles. The summed E-state index contributed by atoms with van der Waals surface area (Å²) >= 11 is 0. The van der Waals surface area contributed by atoms with Gasteiger partial charge in [0, 0.05) is 49.6 Å². The molecule has 2 aromatic carbocycles. The summed E-state index contributed by atoms with van der Waals surface area (Å²) in [6.45, 7) is 3.34. The number of aromatic nitrogens is 2. The monoisotopic (exact) mass is 464 g/mol. The number of carbonyl (C=O) groups excluding carboxylic acids is 2. The smallest absolute Gasteiger partial charge is 0.257 e. The second-order valence-electron chi connectivity index (χ2n) is 8.12. The van der Waals surface area contributed by atoms with E-state index in [1.165, 1.54) is 0 Å². The van der Waals surface area contributed by atoms with E-state index >= 15 is 0 Å². The molecule has 1 aliphatic heterocycles. The molecule has 9 heteroatoms. The number of aryl methyl sites for hydroxylation is 1. The first kappa shape index (κ1) is 23.3. The van der Waals surface area contributed by atoms with Gasteiger partial charge in [0.05, 0.1) is 6.61 Å². The number of aliphatic hydroxyl groups is 1. The summed E-state index contributed by atoms with van der Waals surface area (Å²) < 4.78 is 13.4. The quantitative estimate of drug-likeness (QED) is 0.502. The van der Waals surface area contributed by atoms with E-state index in [1.54, 1.807) is 71.4 Å². The van der Waals surface area contributed by atoms with Crippen LogP contribution in [0.1, 0.15) is 40.5 Å². The lowest BCUT2D eigenvalue weighted by Gasteiger charge is -2.30. The lowest BCUT2D eigenvalue weighted by atomic mass is 10.1. The molecule has 0 aliphatic carbocycles. The molecule has 0 spiro atoms. The van der Waals surface area contributed by atoms with Gasteiger partial charge in [0.25, 0.3) is 11.8 Å². The SMILES string of the molecule is CC[C@@H](CO)Oc1cc(Oc2ccc(C(=O)N3CCC3)cc2)cc(C(=O)Nc2ccn(C)n2)c1. The van der Waals surface area contributed by atoms with Crippen molar-refractivity contribution in [1.82, 2.24) is 14.7 Å². The normalized spacial score (nSPS) is 13.7. The van der Waals surface area contributed by atoms with Crippen LogP contribution in [0.3, 0.4) is 0 Å². The van der Waals surface area contributed by atoms with Gasteiger partial charge in [-0.3, -0.25) is 14.3 Å². The van der Waals surface area contributed by atoms with E-state index in [9.17, 15) is 14.7 Å². The first-order valence-electron chi connectivity index (χ1n) is 11.3. The van der Waals surface area contributed by atoms with Gasteiger partial charge in [-0.1, -0.05) is 6.92 Å². The molecule has 0 radical (unpaired) electrons. The lowest BCUT2D eigenvalue weighted by molar-refractivity contribution is 0.0651. The van der Waals surface area contributed by atoms with Gasteiger partial charge < -0.3 is 24.8 Å². The number of anilines is 1. The highest BCUT2D eigenvalue weighted by Crippen LogP contribution is 2.29. The summed E-state index contributed by atoms with van der Waals surface area (Å²) in [5.74, 6) is 1.36. The van der Waals surface area contributed by atoms with E-state index < -0.39 is 6.10 Å². The first-order valence-corrected chi connectivity index (χ1v) is 11.3. The Labute approximate surface area is 197 Å². The van der Waals surface area contributed by atoms with E-state index in [-0.39, 0.29) is 18.4 Å². The zero-order valence-corrected chi connectivity index (χ0v) is 19.2. The van der Waals surface area contributed by atoms with Crippen LogP contribution in [0.2, 0.25) is 0 Å². The van der Waals surface area contributed by atoms with Crippen LogP contribution in [0.15, 0.2) is 54.7 Å². The average Bonchev–Trinajstić information content (AvgIpc) is 3.21. The summed E-state index contributed by atoms with van der Waals surface area (Å²) in [4.78, 5) is 27.0. The van der Waals surface area contributed by atoms with Crippen molar-refractivity contribution in [2.75, 3.05) is 25.0 Å². The van der Waals surface area contributed by atoms with Gasteiger partial charge in [-0.05, 0) is 49.2 Å². The highest BCUT2D eigenvalue weighted by Gasteiger charge is 2.21. The van der Waals surface area contributed by atoms with Crippen LogP contribution >= 0.6 is 0 Å². The summed E-state index contributed by atoms with van der Waals surface area (Å²) in [6, 6.07) is 13.4. The van der Waals surface area contributed by atoms with Gasteiger partial charge in [0.15, 0.2) is 5.82 Å². The third kappa shape index (κ3) is 5.55. The third-order valence-electron chi connectivity index (χ3n) is 5.54. The molecule has 178 valence electrons. The Morgan fingerprint density at radius 3 is 2.38 bits per heavy atom. The summed E-state index contributed by atoms with van der Waals surface area (Å²) in [7, 11) is 1.76. The standard InChI is InChI=1S/C25H28N4O5/c1-3-19(16-30)33-21-13-18(24(31)26-23-9-12-28(2)27-23)14-22(15-21)34-20-7-5-17(6-8-20)25(32)29-10-4-11-29/h5-9,12-15,19,30H,3-4,10-11,16H2,1-2H3,(H,26,27,31)/t19-/m0/s1. The van der Waals surface area contributed by atoms with E-state index in [2.05, 4.69) is 10.4 Å². The molecule has 1 atom stereocenters. The summed E-state index contributed by atoms with van der Waals surface area (Å²) in [5.41, 5.74) is 0.920. The summed E-state index contributed by atoms with van der Waals surface area (Å²) in [6.07, 6.45) is 2.96. The van der Waals surface area contributed by atoms with Crippen molar-refractivity contribution in [3.05, 3.63) is 65.9 Å². The Hall–Kier alpha value is -3.85. The molecule has 1 fully saturated rings. The van der Waals surface area contributed by atoms with Crippen LogP contribution < -0.4 is 14.8 Å². The molecule has 0 bridgehead atoms. The Bertz CT molecular complexity index is 1150. The fraction of sp³-hybridized carbons (Fsp3) is 0.320. The van der Waals surface area contributed by atoms with Crippen molar-refractivity contribution in [3.63, 3.8) is 0 Å². The number of benzene rings is 2. The third-order valence-corrected chi connectivity index (χ3v) is 5.54. The minimum absolute atomic E-state index is 0.0105. The van der Waals surface area contributed by atoms with Crippen LogP contribution in [0.25, 0.3) is 0 Å². The van der Waals surface area contributed by atoms with E-state index in [0.717, 1.165) is 19.5 Å². The Kier molecular flexibility index (Phi) is 7.12. The van der Waals surface area contributed by atoms with Crippen LogP contribution in [0.5, 0.6) is 17.2 Å². The maximum atomic E-state index is 12.9. The molecule has 34 heavy (non-hydrogen) atoms. The molecular weight excluding hydrogens is 436 g/mol. The van der Waals surface area contributed by atoms with Gasteiger partial charge in [-0.25, -0.2) is 0 Å². The minimum atomic E-state index is -0.409. The maximum Gasteiger partial charge on any atom is 0.257 e. The number of rotatable bonds is 9. The number of hydrogen-bond acceptors (Lipinski definition) is 6.